The van der Waals surface area contributed by atoms with Gasteiger partial charge in [0.05, 0.1) is 0 Å². The molecule has 0 saturated heterocycles. The fourth-order valence-electron chi connectivity index (χ4n) is 1.76. The van der Waals surface area contributed by atoms with Crippen molar-refractivity contribution in [3.05, 3.63) is 66.7 Å². The van der Waals surface area contributed by atoms with Crippen molar-refractivity contribution in [2.45, 2.75) is 0 Å². The van der Waals surface area contributed by atoms with Crippen LogP contribution in [0, 0.1) is 5.82 Å². The van der Waals surface area contributed by atoms with E-state index in [-0.39, 0.29) is 5.82 Å². The van der Waals surface area contributed by atoms with Gasteiger partial charge in [0.2, 0.25) is 0 Å². The third kappa shape index (κ3) is 2.47. The van der Waals surface area contributed by atoms with E-state index in [0.717, 1.165) is 11.1 Å². The van der Waals surface area contributed by atoms with E-state index < -0.39 is 0 Å². The van der Waals surface area contributed by atoms with Gasteiger partial charge in [0.15, 0.2) is 11.6 Å². The lowest BCUT2D eigenvalue weighted by Gasteiger charge is -2.03. The van der Waals surface area contributed by atoms with Crippen LogP contribution in [-0.4, -0.2) is 15.0 Å². The van der Waals surface area contributed by atoms with E-state index in [9.17, 15) is 4.39 Å². The highest BCUT2D eigenvalue weighted by molar-refractivity contribution is 5.60. The number of hydrogen-bond acceptors (Lipinski definition) is 3. The molecule has 0 bridgehead atoms. The Balaban J connectivity index is 2.03. The molecule has 0 radical (unpaired) electrons. The van der Waals surface area contributed by atoms with Crippen molar-refractivity contribution in [2.24, 2.45) is 0 Å². The van der Waals surface area contributed by atoms with Gasteiger partial charge >= 0.3 is 0 Å². The number of hydrogen-bond donors (Lipinski definition) is 0. The molecule has 2 aromatic carbocycles. The fraction of sp³-hybridized carbons (Fsp3) is 0. The lowest BCUT2D eigenvalue weighted by Crippen LogP contribution is -1.94. The summed E-state index contributed by atoms with van der Waals surface area (Å²) in [5.41, 5.74) is 1.69. The van der Waals surface area contributed by atoms with Crippen LogP contribution in [0.3, 0.4) is 0 Å². The van der Waals surface area contributed by atoms with Crippen molar-refractivity contribution in [2.75, 3.05) is 0 Å². The van der Waals surface area contributed by atoms with Crippen LogP contribution in [0.4, 0.5) is 4.39 Å². The quantitative estimate of drug-likeness (QED) is 0.701. The van der Waals surface area contributed by atoms with Crippen molar-refractivity contribution < 1.29 is 4.39 Å². The summed E-state index contributed by atoms with van der Waals surface area (Å²) in [7, 11) is 0. The Kier molecular flexibility index (Phi) is 2.98. The maximum Gasteiger partial charge on any atom is 0.163 e. The maximum absolute atomic E-state index is 12.9. The molecule has 0 atom stereocenters. The molecule has 0 aliphatic carbocycles. The summed E-state index contributed by atoms with van der Waals surface area (Å²) >= 11 is 0. The van der Waals surface area contributed by atoms with Crippen LogP contribution >= 0.6 is 0 Å². The van der Waals surface area contributed by atoms with Crippen LogP contribution in [0.25, 0.3) is 22.8 Å². The minimum atomic E-state index is -0.277. The molecule has 1 aromatic heterocycles. The van der Waals surface area contributed by atoms with Crippen LogP contribution in [-0.2, 0) is 0 Å². The first kappa shape index (κ1) is 11.5. The van der Waals surface area contributed by atoms with Gasteiger partial charge in [-0.15, -0.1) is 0 Å². The normalized spacial score (nSPS) is 10.4. The average molecular weight is 251 g/mol. The zero-order chi connectivity index (χ0) is 13.1. The van der Waals surface area contributed by atoms with Gasteiger partial charge < -0.3 is 0 Å². The second-order valence-electron chi connectivity index (χ2n) is 4.01. The summed E-state index contributed by atoms with van der Waals surface area (Å²) in [6.07, 6.45) is 1.47. The summed E-state index contributed by atoms with van der Waals surface area (Å²) in [4.78, 5) is 12.7. The third-order valence-electron chi connectivity index (χ3n) is 2.71. The van der Waals surface area contributed by atoms with E-state index in [1.165, 1.54) is 18.5 Å². The molecular weight excluding hydrogens is 241 g/mol. The molecule has 19 heavy (non-hydrogen) atoms. The highest BCUT2D eigenvalue weighted by Crippen LogP contribution is 2.18. The molecule has 0 saturated carbocycles. The average Bonchev–Trinajstić information content (AvgIpc) is 2.49. The second-order valence-corrected chi connectivity index (χ2v) is 4.01. The highest BCUT2D eigenvalue weighted by Gasteiger charge is 2.05. The molecule has 0 fully saturated rings. The second kappa shape index (κ2) is 4.94. The standard InChI is InChI=1S/C15H10FN3/c16-13-8-6-12(7-9-13)15-18-10-17-14(19-15)11-4-2-1-3-5-11/h1-10H. The van der Waals surface area contributed by atoms with Gasteiger partial charge in [0.1, 0.15) is 12.1 Å². The summed E-state index contributed by atoms with van der Waals surface area (Å²) in [6.45, 7) is 0. The molecule has 0 unspecified atom stereocenters. The van der Waals surface area contributed by atoms with Crippen LogP contribution in [0.1, 0.15) is 0 Å². The molecule has 3 nitrogen and oxygen atoms in total. The van der Waals surface area contributed by atoms with Crippen LogP contribution in [0.2, 0.25) is 0 Å². The minimum Gasteiger partial charge on any atom is -0.217 e. The Bertz CT molecular complexity index is 681. The van der Waals surface area contributed by atoms with Gasteiger partial charge in [0.25, 0.3) is 0 Å². The Morgan fingerprint density at radius 3 is 1.89 bits per heavy atom. The van der Waals surface area contributed by atoms with Crippen LogP contribution in [0.5, 0.6) is 0 Å². The van der Waals surface area contributed by atoms with E-state index >= 15 is 0 Å². The number of benzene rings is 2. The maximum atomic E-state index is 12.9. The summed E-state index contributed by atoms with van der Waals surface area (Å²) in [6, 6.07) is 15.7. The van der Waals surface area contributed by atoms with Crippen LogP contribution in [0.15, 0.2) is 60.9 Å². The van der Waals surface area contributed by atoms with Crippen molar-refractivity contribution in [1.82, 2.24) is 15.0 Å². The SMILES string of the molecule is Fc1ccc(-c2ncnc(-c3ccccc3)n2)cc1. The summed E-state index contributed by atoms with van der Waals surface area (Å²) in [5, 5.41) is 0. The Hall–Kier alpha value is -2.62. The van der Waals surface area contributed by atoms with E-state index in [2.05, 4.69) is 15.0 Å². The van der Waals surface area contributed by atoms with Crippen LogP contribution < -0.4 is 0 Å². The molecule has 1 heterocycles. The molecule has 0 N–H and O–H groups in total. The van der Waals surface area contributed by atoms with Gasteiger partial charge in [-0.1, -0.05) is 30.3 Å². The smallest absolute Gasteiger partial charge is 0.163 e. The minimum absolute atomic E-state index is 0.277. The zero-order valence-corrected chi connectivity index (χ0v) is 9.99. The molecule has 92 valence electrons. The first-order chi connectivity index (χ1) is 9.33. The first-order valence-electron chi connectivity index (χ1n) is 5.83. The molecule has 0 amide bonds. The fourth-order valence-corrected chi connectivity index (χ4v) is 1.76. The highest BCUT2D eigenvalue weighted by atomic mass is 19.1. The van der Waals surface area contributed by atoms with Crippen molar-refractivity contribution in [3.8, 4) is 22.8 Å². The summed E-state index contributed by atoms with van der Waals surface area (Å²) in [5.74, 6) is 0.866. The summed E-state index contributed by atoms with van der Waals surface area (Å²) < 4.78 is 12.9. The lowest BCUT2D eigenvalue weighted by molar-refractivity contribution is 0.628. The number of halogens is 1. The van der Waals surface area contributed by atoms with Crippen molar-refractivity contribution in [1.29, 1.82) is 0 Å². The largest absolute Gasteiger partial charge is 0.217 e. The monoisotopic (exact) mass is 251 g/mol. The topological polar surface area (TPSA) is 38.7 Å². The first-order valence-corrected chi connectivity index (χ1v) is 5.83. The Morgan fingerprint density at radius 2 is 1.26 bits per heavy atom. The number of aromatic nitrogens is 3. The molecule has 0 aliphatic rings. The van der Waals surface area contributed by atoms with Crippen molar-refractivity contribution in [3.63, 3.8) is 0 Å². The third-order valence-corrected chi connectivity index (χ3v) is 2.71. The predicted octanol–water partition coefficient (Wildman–Crippen LogP) is 3.34. The lowest BCUT2D eigenvalue weighted by atomic mass is 10.2. The van der Waals surface area contributed by atoms with E-state index in [1.807, 2.05) is 30.3 Å². The van der Waals surface area contributed by atoms with E-state index in [4.69, 9.17) is 0 Å². The van der Waals surface area contributed by atoms with E-state index in [0.29, 0.717) is 11.6 Å². The molecule has 0 spiro atoms. The molecule has 3 rings (SSSR count). The Morgan fingerprint density at radius 1 is 0.684 bits per heavy atom. The van der Waals surface area contributed by atoms with Gasteiger partial charge in [-0.25, -0.2) is 19.3 Å². The Labute approximate surface area is 109 Å². The van der Waals surface area contributed by atoms with Crippen molar-refractivity contribution >= 4 is 0 Å². The van der Waals surface area contributed by atoms with Gasteiger partial charge in [-0.2, -0.15) is 0 Å². The molecule has 3 aromatic rings. The van der Waals surface area contributed by atoms with Gasteiger partial charge in [-0.3, -0.25) is 0 Å². The van der Waals surface area contributed by atoms with Gasteiger partial charge in [0, 0.05) is 11.1 Å². The zero-order valence-electron chi connectivity index (χ0n) is 9.99. The molecule has 4 heteroatoms. The number of rotatable bonds is 2. The molecular formula is C15H10FN3. The number of nitrogens with zero attached hydrogens (tertiary/aromatic N) is 3. The molecule has 0 aliphatic heterocycles. The van der Waals surface area contributed by atoms with Gasteiger partial charge in [-0.05, 0) is 24.3 Å². The predicted molar refractivity (Wildman–Crippen MR) is 70.7 cm³/mol. The van der Waals surface area contributed by atoms with E-state index in [1.54, 1.807) is 12.1 Å².